The Labute approximate surface area is 68.4 Å². The number of aliphatic hydroxyl groups is 1. The van der Waals surface area contributed by atoms with Gasteiger partial charge in [0.15, 0.2) is 0 Å². The standard InChI is InChI=1S/C8H18N2O/c1-9-8(11)7-3-5-10(2)6-4-7/h7-9,11H,3-6H2,1-2H3. The zero-order chi connectivity index (χ0) is 8.27. The third-order valence-corrected chi connectivity index (χ3v) is 2.51. The Hall–Kier alpha value is -0.120. The van der Waals surface area contributed by atoms with E-state index in [2.05, 4.69) is 17.3 Å². The molecule has 0 amide bonds. The van der Waals surface area contributed by atoms with E-state index in [0.717, 1.165) is 25.9 Å². The zero-order valence-corrected chi connectivity index (χ0v) is 7.38. The van der Waals surface area contributed by atoms with Crippen molar-refractivity contribution in [3.63, 3.8) is 0 Å². The van der Waals surface area contributed by atoms with Crippen molar-refractivity contribution in [1.82, 2.24) is 10.2 Å². The van der Waals surface area contributed by atoms with Crippen molar-refractivity contribution in [3.05, 3.63) is 0 Å². The van der Waals surface area contributed by atoms with Gasteiger partial charge < -0.3 is 10.0 Å². The number of nitrogens with one attached hydrogen (secondary N) is 1. The number of aliphatic hydroxyl groups excluding tert-OH is 1. The minimum Gasteiger partial charge on any atom is -0.378 e. The van der Waals surface area contributed by atoms with Gasteiger partial charge >= 0.3 is 0 Å². The summed E-state index contributed by atoms with van der Waals surface area (Å²) in [7, 11) is 3.94. The smallest absolute Gasteiger partial charge is 0.107 e. The lowest BCUT2D eigenvalue weighted by Crippen LogP contribution is -2.40. The molecule has 1 fully saturated rings. The zero-order valence-electron chi connectivity index (χ0n) is 7.38. The van der Waals surface area contributed by atoms with Crippen LogP contribution < -0.4 is 5.32 Å². The number of hydrogen-bond acceptors (Lipinski definition) is 3. The van der Waals surface area contributed by atoms with Gasteiger partial charge in [0.2, 0.25) is 0 Å². The molecule has 1 saturated heterocycles. The molecule has 0 aliphatic carbocycles. The van der Waals surface area contributed by atoms with Crippen molar-refractivity contribution in [3.8, 4) is 0 Å². The molecule has 0 bridgehead atoms. The minimum absolute atomic E-state index is 0.302. The maximum Gasteiger partial charge on any atom is 0.107 e. The highest BCUT2D eigenvalue weighted by Crippen LogP contribution is 2.17. The van der Waals surface area contributed by atoms with Crippen LogP contribution in [0.4, 0.5) is 0 Å². The summed E-state index contributed by atoms with van der Waals surface area (Å²) in [6.07, 6.45) is 1.92. The summed E-state index contributed by atoms with van der Waals surface area (Å²) in [5.74, 6) is 0.455. The molecule has 2 N–H and O–H groups in total. The normalized spacial score (nSPS) is 25.4. The quantitative estimate of drug-likeness (QED) is 0.549. The van der Waals surface area contributed by atoms with E-state index in [1.807, 2.05) is 7.05 Å². The van der Waals surface area contributed by atoms with Gasteiger partial charge in [0, 0.05) is 5.92 Å². The molecule has 0 aromatic rings. The van der Waals surface area contributed by atoms with Crippen molar-refractivity contribution in [2.24, 2.45) is 5.92 Å². The highest BCUT2D eigenvalue weighted by atomic mass is 16.3. The van der Waals surface area contributed by atoms with Crippen molar-refractivity contribution >= 4 is 0 Å². The third-order valence-electron chi connectivity index (χ3n) is 2.51. The lowest BCUT2D eigenvalue weighted by molar-refractivity contribution is 0.0468. The van der Waals surface area contributed by atoms with Crippen molar-refractivity contribution in [2.75, 3.05) is 27.2 Å². The molecular formula is C8H18N2O. The maximum atomic E-state index is 9.44. The van der Waals surface area contributed by atoms with E-state index in [1.165, 1.54) is 0 Å². The Morgan fingerprint density at radius 3 is 2.45 bits per heavy atom. The molecule has 0 radical (unpaired) electrons. The molecule has 1 atom stereocenters. The van der Waals surface area contributed by atoms with Crippen LogP contribution in [0.5, 0.6) is 0 Å². The van der Waals surface area contributed by atoms with Crippen LogP contribution in [-0.2, 0) is 0 Å². The van der Waals surface area contributed by atoms with Crippen LogP contribution in [0.3, 0.4) is 0 Å². The first-order valence-corrected chi connectivity index (χ1v) is 4.28. The summed E-state index contributed by atoms with van der Waals surface area (Å²) < 4.78 is 0. The Bertz CT molecular complexity index is 111. The van der Waals surface area contributed by atoms with Crippen LogP contribution in [0.2, 0.25) is 0 Å². The summed E-state index contributed by atoms with van der Waals surface area (Å²) in [5, 5.41) is 12.3. The number of rotatable bonds is 2. The molecule has 0 aromatic carbocycles. The molecule has 1 heterocycles. The topological polar surface area (TPSA) is 35.5 Å². The average Bonchev–Trinajstić information content (AvgIpc) is 2.05. The minimum atomic E-state index is -0.302. The van der Waals surface area contributed by atoms with Crippen LogP contribution in [0, 0.1) is 5.92 Å². The van der Waals surface area contributed by atoms with Crippen LogP contribution in [0.25, 0.3) is 0 Å². The largest absolute Gasteiger partial charge is 0.378 e. The first kappa shape index (κ1) is 8.97. The second-order valence-corrected chi connectivity index (χ2v) is 3.37. The molecule has 0 spiro atoms. The van der Waals surface area contributed by atoms with Gasteiger partial charge in [0.25, 0.3) is 0 Å². The van der Waals surface area contributed by atoms with E-state index in [4.69, 9.17) is 0 Å². The average molecular weight is 158 g/mol. The Morgan fingerprint density at radius 2 is 2.00 bits per heavy atom. The first-order valence-electron chi connectivity index (χ1n) is 4.28. The van der Waals surface area contributed by atoms with Crippen LogP contribution in [0.15, 0.2) is 0 Å². The molecule has 1 aliphatic heterocycles. The van der Waals surface area contributed by atoms with E-state index in [0.29, 0.717) is 5.92 Å². The summed E-state index contributed by atoms with van der Waals surface area (Å²) >= 11 is 0. The van der Waals surface area contributed by atoms with E-state index < -0.39 is 0 Å². The molecule has 3 heteroatoms. The first-order chi connectivity index (χ1) is 5.24. The Balaban J connectivity index is 2.27. The van der Waals surface area contributed by atoms with Gasteiger partial charge in [0.05, 0.1) is 0 Å². The predicted molar refractivity (Wildman–Crippen MR) is 45.3 cm³/mol. The molecule has 1 unspecified atom stereocenters. The highest BCUT2D eigenvalue weighted by molar-refractivity contribution is 4.73. The van der Waals surface area contributed by atoms with E-state index in [1.54, 1.807) is 0 Å². The lowest BCUT2D eigenvalue weighted by Gasteiger charge is -2.31. The molecule has 66 valence electrons. The second kappa shape index (κ2) is 4.04. The second-order valence-electron chi connectivity index (χ2n) is 3.37. The van der Waals surface area contributed by atoms with Crippen LogP contribution in [0.1, 0.15) is 12.8 Å². The fourth-order valence-electron chi connectivity index (χ4n) is 1.58. The number of hydrogen-bond donors (Lipinski definition) is 2. The van der Waals surface area contributed by atoms with Gasteiger partial charge in [-0.25, -0.2) is 0 Å². The summed E-state index contributed by atoms with van der Waals surface area (Å²) in [4.78, 5) is 2.30. The predicted octanol–water partition coefficient (Wildman–Crippen LogP) is -0.134. The van der Waals surface area contributed by atoms with Crippen molar-refractivity contribution < 1.29 is 5.11 Å². The van der Waals surface area contributed by atoms with Gasteiger partial charge in [-0.2, -0.15) is 0 Å². The van der Waals surface area contributed by atoms with Crippen LogP contribution >= 0.6 is 0 Å². The number of nitrogens with zero attached hydrogens (tertiary/aromatic N) is 1. The fraction of sp³-hybridized carbons (Fsp3) is 1.00. The number of piperidine rings is 1. The molecule has 11 heavy (non-hydrogen) atoms. The fourth-order valence-corrected chi connectivity index (χ4v) is 1.58. The van der Waals surface area contributed by atoms with Crippen LogP contribution in [-0.4, -0.2) is 43.4 Å². The van der Waals surface area contributed by atoms with E-state index >= 15 is 0 Å². The lowest BCUT2D eigenvalue weighted by atomic mass is 9.95. The van der Waals surface area contributed by atoms with E-state index in [9.17, 15) is 5.11 Å². The maximum absolute atomic E-state index is 9.44. The van der Waals surface area contributed by atoms with Crippen molar-refractivity contribution in [2.45, 2.75) is 19.1 Å². The summed E-state index contributed by atoms with van der Waals surface area (Å²) in [6.45, 7) is 2.23. The molecule has 1 aliphatic rings. The van der Waals surface area contributed by atoms with Gasteiger partial charge in [-0.15, -0.1) is 0 Å². The molecule has 3 nitrogen and oxygen atoms in total. The van der Waals surface area contributed by atoms with E-state index in [-0.39, 0.29) is 6.23 Å². The molecular weight excluding hydrogens is 140 g/mol. The summed E-state index contributed by atoms with van der Waals surface area (Å²) in [5.41, 5.74) is 0. The molecule has 1 rings (SSSR count). The molecule has 0 saturated carbocycles. The van der Waals surface area contributed by atoms with Crippen molar-refractivity contribution in [1.29, 1.82) is 0 Å². The van der Waals surface area contributed by atoms with Gasteiger partial charge in [-0.05, 0) is 40.0 Å². The third kappa shape index (κ3) is 2.43. The van der Waals surface area contributed by atoms with Gasteiger partial charge in [-0.1, -0.05) is 0 Å². The summed E-state index contributed by atoms with van der Waals surface area (Å²) in [6, 6.07) is 0. The Morgan fingerprint density at radius 1 is 1.45 bits per heavy atom. The number of likely N-dealkylation sites (tertiary alicyclic amines) is 1. The monoisotopic (exact) mass is 158 g/mol. The van der Waals surface area contributed by atoms with Gasteiger partial charge in [0.1, 0.15) is 6.23 Å². The highest BCUT2D eigenvalue weighted by Gasteiger charge is 2.21. The SMILES string of the molecule is CNC(O)C1CCN(C)CC1. The van der Waals surface area contributed by atoms with Gasteiger partial charge in [-0.3, -0.25) is 5.32 Å². The Kier molecular flexibility index (Phi) is 3.30. The molecule has 0 aromatic heterocycles.